The Morgan fingerprint density at radius 2 is 1.92 bits per heavy atom. The molecule has 0 radical (unpaired) electrons. The van der Waals surface area contributed by atoms with Crippen LogP contribution in [0.4, 0.5) is 0 Å². The van der Waals surface area contributed by atoms with Crippen molar-refractivity contribution < 1.29 is 19.0 Å². The summed E-state index contributed by atoms with van der Waals surface area (Å²) in [5.74, 6) is 1.85. The number of aryl methyl sites for hydroxylation is 1. The van der Waals surface area contributed by atoms with Gasteiger partial charge in [-0.1, -0.05) is 18.2 Å². The fourth-order valence-corrected chi connectivity index (χ4v) is 2.28. The van der Waals surface area contributed by atoms with Gasteiger partial charge in [0.15, 0.2) is 18.1 Å². The number of hydrogen-bond donors (Lipinski definition) is 1. The zero-order valence-electron chi connectivity index (χ0n) is 15.2. The SMILES string of the molecule is COc1cc(CNC(=O)COc2cccc(C)c2)ccc1OC(C)C. The molecule has 1 N–H and O–H groups in total. The molecule has 2 aromatic carbocycles. The first-order valence-electron chi connectivity index (χ1n) is 8.27. The second-order valence-electron chi connectivity index (χ2n) is 6.03. The van der Waals surface area contributed by atoms with Crippen LogP contribution >= 0.6 is 0 Å². The van der Waals surface area contributed by atoms with Crippen LogP contribution in [0.25, 0.3) is 0 Å². The highest BCUT2D eigenvalue weighted by Crippen LogP contribution is 2.28. The maximum absolute atomic E-state index is 11.9. The van der Waals surface area contributed by atoms with Gasteiger partial charge in [0.1, 0.15) is 5.75 Å². The highest BCUT2D eigenvalue weighted by Gasteiger charge is 2.09. The zero-order valence-corrected chi connectivity index (χ0v) is 15.2. The molecule has 0 heterocycles. The van der Waals surface area contributed by atoms with E-state index in [-0.39, 0.29) is 18.6 Å². The summed E-state index contributed by atoms with van der Waals surface area (Å²) >= 11 is 0. The van der Waals surface area contributed by atoms with Gasteiger partial charge in [0, 0.05) is 6.54 Å². The van der Waals surface area contributed by atoms with Gasteiger partial charge < -0.3 is 19.5 Å². The summed E-state index contributed by atoms with van der Waals surface area (Å²) in [6.45, 7) is 6.28. The van der Waals surface area contributed by atoms with Gasteiger partial charge in [-0.25, -0.2) is 0 Å². The molecule has 2 aromatic rings. The first-order valence-corrected chi connectivity index (χ1v) is 8.27. The van der Waals surface area contributed by atoms with Gasteiger partial charge in [-0.15, -0.1) is 0 Å². The molecule has 0 aliphatic rings. The number of rotatable bonds is 8. The Morgan fingerprint density at radius 3 is 2.60 bits per heavy atom. The van der Waals surface area contributed by atoms with E-state index in [9.17, 15) is 4.79 Å². The lowest BCUT2D eigenvalue weighted by atomic mass is 10.2. The largest absolute Gasteiger partial charge is 0.493 e. The molecule has 134 valence electrons. The molecule has 0 atom stereocenters. The molecule has 0 saturated heterocycles. The van der Waals surface area contributed by atoms with Gasteiger partial charge in [0.25, 0.3) is 5.91 Å². The molecule has 0 spiro atoms. The Balaban J connectivity index is 1.86. The van der Waals surface area contributed by atoms with Crippen molar-refractivity contribution >= 4 is 5.91 Å². The van der Waals surface area contributed by atoms with Crippen LogP contribution in [0.5, 0.6) is 17.2 Å². The predicted molar refractivity (Wildman–Crippen MR) is 97.3 cm³/mol. The number of benzene rings is 2. The minimum Gasteiger partial charge on any atom is -0.493 e. The van der Waals surface area contributed by atoms with Gasteiger partial charge in [-0.3, -0.25) is 4.79 Å². The predicted octanol–water partition coefficient (Wildman–Crippen LogP) is 3.49. The summed E-state index contributed by atoms with van der Waals surface area (Å²) < 4.78 is 16.5. The van der Waals surface area contributed by atoms with Crippen molar-refractivity contribution in [2.75, 3.05) is 13.7 Å². The highest BCUT2D eigenvalue weighted by molar-refractivity contribution is 5.77. The van der Waals surface area contributed by atoms with Crippen LogP contribution in [-0.4, -0.2) is 25.7 Å². The van der Waals surface area contributed by atoms with Gasteiger partial charge >= 0.3 is 0 Å². The molecule has 1 amide bonds. The van der Waals surface area contributed by atoms with Gasteiger partial charge in [-0.2, -0.15) is 0 Å². The van der Waals surface area contributed by atoms with Crippen LogP contribution in [0.3, 0.4) is 0 Å². The first-order chi connectivity index (χ1) is 12.0. The van der Waals surface area contributed by atoms with E-state index in [1.54, 1.807) is 7.11 Å². The van der Waals surface area contributed by atoms with E-state index in [1.165, 1.54) is 0 Å². The lowest BCUT2D eigenvalue weighted by molar-refractivity contribution is -0.123. The minimum atomic E-state index is -0.178. The van der Waals surface area contributed by atoms with E-state index in [2.05, 4.69) is 5.32 Å². The topological polar surface area (TPSA) is 56.8 Å². The molecule has 5 nitrogen and oxygen atoms in total. The fourth-order valence-electron chi connectivity index (χ4n) is 2.28. The standard InChI is InChI=1S/C20H25NO4/c1-14(2)25-18-9-8-16(11-19(18)23-4)12-21-20(22)13-24-17-7-5-6-15(3)10-17/h5-11,14H,12-13H2,1-4H3,(H,21,22). The molecule has 5 heteroatoms. The number of carbonyl (C=O) groups is 1. The summed E-state index contributed by atoms with van der Waals surface area (Å²) in [5, 5.41) is 2.84. The third-order valence-electron chi connectivity index (χ3n) is 3.44. The molecule has 0 aliphatic carbocycles. The lowest BCUT2D eigenvalue weighted by Crippen LogP contribution is -2.28. The number of methoxy groups -OCH3 is 1. The van der Waals surface area contributed by atoms with Crippen LogP contribution in [0, 0.1) is 6.92 Å². The molecular weight excluding hydrogens is 318 g/mol. The monoisotopic (exact) mass is 343 g/mol. The first kappa shape index (κ1) is 18.6. The highest BCUT2D eigenvalue weighted by atomic mass is 16.5. The van der Waals surface area contributed by atoms with Crippen molar-refractivity contribution in [2.45, 2.75) is 33.4 Å². The molecule has 0 aliphatic heterocycles. The normalized spacial score (nSPS) is 10.4. The molecule has 2 rings (SSSR count). The van der Waals surface area contributed by atoms with Gasteiger partial charge in [0.2, 0.25) is 0 Å². The summed E-state index contributed by atoms with van der Waals surface area (Å²) in [4.78, 5) is 11.9. The summed E-state index contributed by atoms with van der Waals surface area (Å²) in [7, 11) is 1.60. The van der Waals surface area contributed by atoms with E-state index in [0.717, 1.165) is 11.1 Å². The fraction of sp³-hybridized carbons (Fsp3) is 0.350. The zero-order chi connectivity index (χ0) is 18.2. The lowest BCUT2D eigenvalue weighted by Gasteiger charge is -2.15. The smallest absolute Gasteiger partial charge is 0.258 e. The van der Waals surface area contributed by atoms with Crippen molar-refractivity contribution in [1.82, 2.24) is 5.32 Å². The summed E-state index contributed by atoms with van der Waals surface area (Å²) in [6, 6.07) is 13.2. The van der Waals surface area contributed by atoms with Crippen molar-refractivity contribution in [1.29, 1.82) is 0 Å². The Kier molecular flexibility index (Phi) is 6.69. The molecule has 0 bridgehead atoms. The van der Waals surface area contributed by atoms with Crippen LogP contribution in [0.2, 0.25) is 0 Å². The second-order valence-corrected chi connectivity index (χ2v) is 6.03. The number of carbonyl (C=O) groups excluding carboxylic acids is 1. The van der Waals surface area contributed by atoms with Crippen LogP contribution in [0.1, 0.15) is 25.0 Å². The number of ether oxygens (including phenoxy) is 3. The van der Waals surface area contributed by atoms with E-state index in [4.69, 9.17) is 14.2 Å². The molecule has 0 unspecified atom stereocenters. The molecular formula is C20H25NO4. The molecule has 0 fully saturated rings. The third-order valence-corrected chi connectivity index (χ3v) is 3.44. The Hall–Kier alpha value is -2.69. The Morgan fingerprint density at radius 1 is 1.12 bits per heavy atom. The van der Waals surface area contributed by atoms with Gasteiger partial charge in [0.05, 0.1) is 13.2 Å². The molecule has 0 saturated carbocycles. The average Bonchev–Trinajstić information content (AvgIpc) is 2.58. The van der Waals surface area contributed by atoms with E-state index >= 15 is 0 Å². The average molecular weight is 343 g/mol. The van der Waals surface area contributed by atoms with E-state index < -0.39 is 0 Å². The van der Waals surface area contributed by atoms with Crippen molar-refractivity contribution in [2.24, 2.45) is 0 Å². The quantitative estimate of drug-likeness (QED) is 0.797. The van der Waals surface area contributed by atoms with Crippen molar-refractivity contribution in [3.63, 3.8) is 0 Å². The van der Waals surface area contributed by atoms with Crippen molar-refractivity contribution in [3.05, 3.63) is 53.6 Å². The summed E-state index contributed by atoms with van der Waals surface area (Å²) in [5.41, 5.74) is 2.02. The maximum Gasteiger partial charge on any atom is 0.258 e. The summed E-state index contributed by atoms with van der Waals surface area (Å²) in [6.07, 6.45) is 0.0678. The second kappa shape index (κ2) is 8.97. The molecule has 0 aromatic heterocycles. The number of hydrogen-bond acceptors (Lipinski definition) is 4. The minimum absolute atomic E-state index is 0.0187. The number of amides is 1. The van der Waals surface area contributed by atoms with Crippen molar-refractivity contribution in [3.8, 4) is 17.2 Å². The third kappa shape index (κ3) is 6.03. The number of nitrogens with one attached hydrogen (secondary N) is 1. The van der Waals surface area contributed by atoms with Gasteiger partial charge in [-0.05, 0) is 56.2 Å². The van der Waals surface area contributed by atoms with E-state index in [0.29, 0.717) is 23.8 Å². The Labute approximate surface area is 148 Å². The van der Waals surface area contributed by atoms with Crippen LogP contribution in [0.15, 0.2) is 42.5 Å². The molecule has 25 heavy (non-hydrogen) atoms. The Bertz CT molecular complexity index is 713. The maximum atomic E-state index is 11.9. The van der Waals surface area contributed by atoms with Crippen LogP contribution in [-0.2, 0) is 11.3 Å². The van der Waals surface area contributed by atoms with Crippen LogP contribution < -0.4 is 19.5 Å². The van der Waals surface area contributed by atoms with E-state index in [1.807, 2.05) is 63.2 Å².